The summed E-state index contributed by atoms with van der Waals surface area (Å²) in [4.78, 5) is 39.1. The molecule has 10 nitrogen and oxygen atoms in total. The number of nitrogens with zero attached hydrogens (tertiary/aromatic N) is 8. The fourth-order valence-corrected chi connectivity index (χ4v) is 4.57. The van der Waals surface area contributed by atoms with Crippen LogP contribution in [0.5, 0.6) is 0 Å². The van der Waals surface area contributed by atoms with Crippen LogP contribution >= 0.6 is 0 Å². The normalized spacial score (nSPS) is 18.8. The van der Waals surface area contributed by atoms with Gasteiger partial charge in [0.15, 0.2) is 5.82 Å². The molecule has 5 rings (SSSR count). The van der Waals surface area contributed by atoms with Crippen molar-refractivity contribution in [3.05, 3.63) is 60.2 Å². The zero-order chi connectivity index (χ0) is 24.5. The lowest BCUT2D eigenvalue weighted by Gasteiger charge is -2.27. The van der Waals surface area contributed by atoms with Gasteiger partial charge < -0.3 is 14.7 Å². The van der Waals surface area contributed by atoms with Crippen molar-refractivity contribution >= 4 is 23.6 Å². The van der Waals surface area contributed by atoms with Gasteiger partial charge in [-0.3, -0.25) is 9.69 Å². The summed E-state index contributed by atoms with van der Waals surface area (Å²) in [6.07, 6.45) is 3.61. The number of carbonyl (C=O) groups excluding carboxylic acids is 2. The summed E-state index contributed by atoms with van der Waals surface area (Å²) in [5.41, 5.74) is 0.267. The average Bonchev–Trinajstić information content (AvgIpc) is 3.46. The highest BCUT2D eigenvalue weighted by Gasteiger charge is 2.31. The Bertz CT molecular complexity index is 1230. The van der Waals surface area contributed by atoms with E-state index in [0.717, 1.165) is 10.6 Å². The molecule has 0 N–H and O–H groups in total. The van der Waals surface area contributed by atoms with Gasteiger partial charge in [-0.25, -0.2) is 14.2 Å². The van der Waals surface area contributed by atoms with Crippen LogP contribution in [0.2, 0.25) is 0 Å². The molecule has 4 heterocycles. The molecule has 3 amide bonds. The van der Waals surface area contributed by atoms with Gasteiger partial charge in [0.1, 0.15) is 17.3 Å². The Kier molecular flexibility index (Phi) is 6.06. The van der Waals surface area contributed by atoms with Crippen molar-refractivity contribution in [3.8, 4) is 5.69 Å². The summed E-state index contributed by atoms with van der Waals surface area (Å²) in [6.45, 7) is 4.97. The van der Waals surface area contributed by atoms with Gasteiger partial charge in [0.2, 0.25) is 0 Å². The van der Waals surface area contributed by atoms with Crippen LogP contribution in [-0.4, -0.2) is 87.5 Å². The third-order valence-electron chi connectivity index (χ3n) is 6.59. The predicted molar refractivity (Wildman–Crippen MR) is 128 cm³/mol. The number of amides is 3. The number of benzene rings is 1. The maximum atomic E-state index is 14.7. The van der Waals surface area contributed by atoms with Crippen molar-refractivity contribution in [1.82, 2.24) is 29.8 Å². The van der Waals surface area contributed by atoms with Crippen molar-refractivity contribution in [3.63, 3.8) is 0 Å². The van der Waals surface area contributed by atoms with E-state index < -0.39 is 5.82 Å². The lowest BCUT2D eigenvalue weighted by Crippen LogP contribution is -2.40. The van der Waals surface area contributed by atoms with Crippen LogP contribution in [0.1, 0.15) is 23.7 Å². The quantitative estimate of drug-likeness (QED) is 0.572. The maximum absolute atomic E-state index is 14.7. The molecule has 182 valence electrons. The van der Waals surface area contributed by atoms with Crippen molar-refractivity contribution in [2.75, 3.05) is 49.6 Å². The summed E-state index contributed by atoms with van der Waals surface area (Å²) in [5, 5.41) is 8.05. The molecule has 2 fully saturated rings. The van der Waals surface area contributed by atoms with E-state index in [0.29, 0.717) is 45.0 Å². The Morgan fingerprint density at radius 3 is 2.46 bits per heavy atom. The minimum absolute atomic E-state index is 0.0467. The third-order valence-corrected chi connectivity index (χ3v) is 6.59. The van der Waals surface area contributed by atoms with E-state index in [1.807, 2.05) is 25.1 Å². The van der Waals surface area contributed by atoms with Crippen LogP contribution in [0.15, 0.2) is 48.8 Å². The van der Waals surface area contributed by atoms with E-state index in [9.17, 15) is 14.0 Å². The number of carbonyl (C=O) groups is 2. The minimum Gasteiger partial charge on any atom is -0.355 e. The van der Waals surface area contributed by atoms with Crippen LogP contribution < -0.4 is 9.80 Å². The number of hydrogen-bond acceptors (Lipinski definition) is 6. The minimum atomic E-state index is -0.556. The van der Waals surface area contributed by atoms with Gasteiger partial charge in [0.05, 0.1) is 18.0 Å². The second kappa shape index (κ2) is 9.32. The second-order valence-electron chi connectivity index (χ2n) is 8.79. The summed E-state index contributed by atoms with van der Waals surface area (Å²) in [6, 6.07) is 9.96. The molecule has 0 radical (unpaired) electrons. The summed E-state index contributed by atoms with van der Waals surface area (Å²) in [5.74, 6) is 0.564. The molecule has 35 heavy (non-hydrogen) atoms. The van der Waals surface area contributed by atoms with E-state index >= 15 is 0 Å². The molecule has 11 heteroatoms. The van der Waals surface area contributed by atoms with Gasteiger partial charge in [0.25, 0.3) is 5.91 Å². The number of para-hydroxylation sites is 1. The molecule has 1 atom stereocenters. The smallest absolute Gasteiger partial charge is 0.325 e. The number of likely N-dealkylation sites (N-methyl/N-ethyl adjacent to an activating group) is 1. The van der Waals surface area contributed by atoms with Gasteiger partial charge >= 0.3 is 6.03 Å². The Balaban J connectivity index is 1.36. The first kappa shape index (κ1) is 22.8. The predicted octanol–water partition coefficient (Wildman–Crippen LogP) is 2.41. The number of rotatable bonds is 4. The van der Waals surface area contributed by atoms with Crippen LogP contribution in [0.3, 0.4) is 0 Å². The van der Waals surface area contributed by atoms with Gasteiger partial charge in [-0.05, 0) is 37.6 Å². The lowest BCUT2D eigenvalue weighted by molar-refractivity contribution is 0.0704. The molecule has 2 aliphatic rings. The van der Waals surface area contributed by atoms with Crippen molar-refractivity contribution in [1.29, 1.82) is 0 Å². The van der Waals surface area contributed by atoms with Crippen LogP contribution in [0.25, 0.3) is 5.69 Å². The highest BCUT2D eigenvalue weighted by molar-refractivity contribution is 5.98. The van der Waals surface area contributed by atoms with Gasteiger partial charge in [-0.15, -0.1) is 4.80 Å². The van der Waals surface area contributed by atoms with Crippen LogP contribution in [0, 0.1) is 5.82 Å². The maximum Gasteiger partial charge on any atom is 0.325 e. The summed E-state index contributed by atoms with van der Waals surface area (Å²) < 4.78 is 14.7. The lowest BCUT2D eigenvalue weighted by atomic mass is 10.1. The fraction of sp³-hybridized carbons (Fsp3) is 0.375. The van der Waals surface area contributed by atoms with Crippen molar-refractivity contribution in [2.45, 2.75) is 19.4 Å². The van der Waals surface area contributed by atoms with E-state index in [2.05, 4.69) is 15.1 Å². The van der Waals surface area contributed by atoms with E-state index in [-0.39, 0.29) is 29.2 Å². The van der Waals surface area contributed by atoms with Gasteiger partial charge in [-0.2, -0.15) is 10.2 Å². The van der Waals surface area contributed by atoms with Crippen molar-refractivity contribution in [2.24, 2.45) is 0 Å². The first-order valence-electron chi connectivity index (χ1n) is 11.6. The molecule has 2 aliphatic heterocycles. The van der Waals surface area contributed by atoms with Crippen LogP contribution in [-0.2, 0) is 0 Å². The molecular formula is C24H27FN8O2. The molecule has 0 saturated carbocycles. The topological polar surface area (TPSA) is 90.7 Å². The summed E-state index contributed by atoms with van der Waals surface area (Å²) >= 11 is 0. The molecule has 0 unspecified atom stereocenters. The Labute approximate surface area is 202 Å². The zero-order valence-corrected chi connectivity index (χ0v) is 19.7. The Morgan fingerprint density at radius 2 is 1.71 bits per heavy atom. The highest BCUT2D eigenvalue weighted by atomic mass is 19.1. The van der Waals surface area contributed by atoms with Gasteiger partial charge in [0, 0.05) is 45.8 Å². The largest absolute Gasteiger partial charge is 0.355 e. The van der Waals surface area contributed by atoms with E-state index in [1.54, 1.807) is 27.8 Å². The number of pyridine rings is 1. The molecule has 0 bridgehead atoms. The molecule has 0 spiro atoms. The van der Waals surface area contributed by atoms with Crippen LogP contribution in [0.4, 0.5) is 20.8 Å². The average molecular weight is 479 g/mol. The number of aromatic nitrogens is 4. The molecule has 2 saturated heterocycles. The highest BCUT2D eigenvalue weighted by Crippen LogP contribution is 2.25. The Hall–Kier alpha value is -4.02. The number of halogens is 1. The SMILES string of the molecule is C[C@@H]1CCN(c2cccc(N3CCN(C)C3=O)n2)CCN1C(=O)c1cccc(F)c1-n1nccn1. The van der Waals surface area contributed by atoms with Crippen molar-refractivity contribution < 1.29 is 14.0 Å². The molecule has 0 aliphatic carbocycles. The first-order valence-corrected chi connectivity index (χ1v) is 11.6. The van der Waals surface area contributed by atoms with E-state index in [1.165, 1.54) is 24.5 Å². The first-order chi connectivity index (χ1) is 16.9. The molecule has 1 aromatic carbocycles. The molecular weight excluding hydrogens is 451 g/mol. The number of urea groups is 1. The standard InChI is InChI=1S/C24H27FN8O2/c1-17-9-12-30(20-7-4-8-21(28-20)32-15-13-29(2)24(32)35)14-16-31(17)23(34)18-5-3-6-19(25)22(18)33-26-10-11-27-33/h3-8,10-11,17H,9,12-16H2,1-2H3/t17-/m1/s1. The van der Waals surface area contributed by atoms with E-state index in [4.69, 9.17) is 4.98 Å². The second-order valence-corrected chi connectivity index (χ2v) is 8.79. The number of anilines is 2. The molecule has 2 aromatic heterocycles. The molecule has 3 aromatic rings. The number of hydrogen-bond donors (Lipinski definition) is 0. The Morgan fingerprint density at radius 1 is 0.971 bits per heavy atom. The van der Waals surface area contributed by atoms with Gasteiger partial charge in [-0.1, -0.05) is 12.1 Å². The third kappa shape index (κ3) is 4.29. The fourth-order valence-electron chi connectivity index (χ4n) is 4.57. The summed E-state index contributed by atoms with van der Waals surface area (Å²) in [7, 11) is 1.78. The zero-order valence-electron chi connectivity index (χ0n) is 19.7. The monoisotopic (exact) mass is 478 g/mol.